The molecule has 1 unspecified atom stereocenters. The van der Waals surface area contributed by atoms with Crippen LogP contribution >= 0.6 is 0 Å². The zero-order chi connectivity index (χ0) is 12.5. The summed E-state index contributed by atoms with van der Waals surface area (Å²) in [6, 6.07) is 17.0. The van der Waals surface area contributed by atoms with E-state index in [2.05, 4.69) is 74.2 Å². The van der Waals surface area contributed by atoms with E-state index in [1.807, 2.05) is 0 Å². The number of allylic oxidation sites excluding steroid dienone is 2. The molecule has 0 nitrogen and oxygen atoms in total. The van der Waals surface area contributed by atoms with Crippen molar-refractivity contribution in [3.05, 3.63) is 83.4 Å². The molecule has 0 bridgehead atoms. The Morgan fingerprint density at radius 3 is 2.56 bits per heavy atom. The first kappa shape index (κ1) is 11.0. The lowest BCUT2D eigenvalue weighted by Crippen LogP contribution is -1.98. The molecule has 1 aliphatic carbocycles. The molecule has 88 valence electrons. The van der Waals surface area contributed by atoms with Gasteiger partial charge >= 0.3 is 0 Å². The van der Waals surface area contributed by atoms with Crippen molar-refractivity contribution in [3.8, 4) is 0 Å². The van der Waals surface area contributed by atoms with Crippen molar-refractivity contribution < 1.29 is 0 Å². The van der Waals surface area contributed by atoms with Crippen molar-refractivity contribution in [2.75, 3.05) is 0 Å². The lowest BCUT2D eigenvalue weighted by atomic mass is 9.87. The smallest absolute Gasteiger partial charge is 0.0278 e. The van der Waals surface area contributed by atoms with Crippen molar-refractivity contribution in [2.24, 2.45) is 0 Å². The van der Waals surface area contributed by atoms with Crippen LogP contribution in [0.5, 0.6) is 0 Å². The van der Waals surface area contributed by atoms with E-state index in [0.29, 0.717) is 5.92 Å². The molecule has 2 aromatic carbocycles. The Morgan fingerprint density at radius 1 is 1.00 bits per heavy atom. The van der Waals surface area contributed by atoms with Crippen LogP contribution in [0.1, 0.15) is 28.2 Å². The van der Waals surface area contributed by atoms with Gasteiger partial charge in [-0.05, 0) is 34.8 Å². The van der Waals surface area contributed by atoms with Crippen molar-refractivity contribution in [3.63, 3.8) is 0 Å². The molecule has 2 aromatic rings. The fourth-order valence-electron chi connectivity index (χ4n) is 2.65. The molecule has 0 aliphatic heterocycles. The van der Waals surface area contributed by atoms with E-state index in [4.69, 9.17) is 0 Å². The van der Waals surface area contributed by atoms with Gasteiger partial charge in [-0.25, -0.2) is 0 Å². The first-order valence-corrected chi connectivity index (χ1v) is 6.29. The second-order valence-corrected chi connectivity index (χ2v) is 4.81. The highest BCUT2D eigenvalue weighted by Gasteiger charge is 2.20. The predicted molar refractivity (Wildman–Crippen MR) is 78.4 cm³/mol. The Kier molecular flexibility index (Phi) is 2.64. The van der Waals surface area contributed by atoms with Crippen LogP contribution in [0.4, 0.5) is 0 Å². The molecule has 0 fully saturated rings. The van der Waals surface area contributed by atoms with E-state index in [-0.39, 0.29) is 0 Å². The molecular weight excluding hydrogens is 216 g/mol. The minimum atomic E-state index is 0.322. The predicted octanol–water partition coefficient (Wildman–Crippen LogP) is 4.82. The van der Waals surface area contributed by atoms with Gasteiger partial charge in [-0.2, -0.15) is 0 Å². The van der Waals surface area contributed by atoms with Gasteiger partial charge in [0.05, 0.1) is 0 Å². The molecule has 18 heavy (non-hydrogen) atoms. The molecule has 3 rings (SSSR count). The van der Waals surface area contributed by atoms with Crippen molar-refractivity contribution in [2.45, 2.75) is 12.8 Å². The van der Waals surface area contributed by atoms with Gasteiger partial charge in [0.2, 0.25) is 0 Å². The summed E-state index contributed by atoms with van der Waals surface area (Å²) < 4.78 is 0. The molecule has 0 radical (unpaired) electrons. The molecule has 0 N–H and O–H groups in total. The number of rotatable bonds is 2. The first-order chi connectivity index (χ1) is 8.77. The average Bonchev–Trinajstić information content (AvgIpc) is 2.82. The quantitative estimate of drug-likeness (QED) is 0.696. The van der Waals surface area contributed by atoms with Crippen LogP contribution in [-0.2, 0) is 0 Å². The van der Waals surface area contributed by atoms with Gasteiger partial charge < -0.3 is 0 Å². The van der Waals surface area contributed by atoms with E-state index in [1.54, 1.807) is 0 Å². The summed E-state index contributed by atoms with van der Waals surface area (Å²) >= 11 is 0. The fourth-order valence-corrected chi connectivity index (χ4v) is 2.65. The summed E-state index contributed by atoms with van der Waals surface area (Å²) in [5, 5.41) is 0. The molecule has 1 aliphatic rings. The molecule has 0 heterocycles. The third-order valence-electron chi connectivity index (χ3n) is 3.67. The Labute approximate surface area is 108 Å². The lowest BCUT2D eigenvalue weighted by Gasteiger charge is -2.16. The zero-order valence-corrected chi connectivity index (χ0v) is 10.6. The molecule has 0 saturated carbocycles. The molecule has 0 aromatic heterocycles. The number of aryl methyl sites for hydroxylation is 1. The highest BCUT2D eigenvalue weighted by Crippen LogP contribution is 2.39. The summed E-state index contributed by atoms with van der Waals surface area (Å²) in [7, 11) is 0. The fraction of sp³-hybridized carbons (Fsp3) is 0.111. The van der Waals surface area contributed by atoms with Gasteiger partial charge in [-0.3, -0.25) is 0 Å². The van der Waals surface area contributed by atoms with E-state index < -0.39 is 0 Å². The Hall–Kier alpha value is -2.08. The van der Waals surface area contributed by atoms with Gasteiger partial charge in [0.15, 0.2) is 0 Å². The maximum atomic E-state index is 4.32. The maximum absolute atomic E-state index is 4.32. The second-order valence-electron chi connectivity index (χ2n) is 4.81. The molecule has 0 heteroatoms. The van der Waals surface area contributed by atoms with Crippen LogP contribution in [0.3, 0.4) is 0 Å². The van der Waals surface area contributed by atoms with Gasteiger partial charge in [0.1, 0.15) is 0 Å². The number of hydrogen-bond acceptors (Lipinski definition) is 0. The van der Waals surface area contributed by atoms with Crippen LogP contribution in [0, 0.1) is 6.92 Å². The summed E-state index contributed by atoms with van der Waals surface area (Å²) in [6.07, 6.45) is 4.45. The van der Waals surface area contributed by atoms with E-state index in [0.717, 1.165) is 0 Å². The number of fused-ring (bicyclic) bond motifs is 1. The summed E-state index contributed by atoms with van der Waals surface area (Å²) in [5.74, 6) is 0.322. The number of hydrogen-bond donors (Lipinski definition) is 0. The first-order valence-electron chi connectivity index (χ1n) is 6.29. The van der Waals surface area contributed by atoms with E-state index >= 15 is 0 Å². The Morgan fingerprint density at radius 2 is 1.72 bits per heavy atom. The second kappa shape index (κ2) is 4.30. The monoisotopic (exact) mass is 232 g/mol. The van der Waals surface area contributed by atoms with Crippen LogP contribution in [0.25, 0.3) is 11.6 Å². The molecule has 0 spiro atoms. The van der Waals surface area contributed by atoms with Crippen molar-refractivity contribution >= 4 is 11.6 Å². The third kappa shape index (κ3) is 1.70. The minimum Gasteiger partial charge on any atom is -0.0943 e. The van der Waals surface area contributed by atoms with Crippen LogP contribution in [0.2, 0.25) is 0 Å². The molecule has 0 saturated heterocycles. The highest BCUT2D eigenvalue weighted by atomic mass is 14.2. The lowest BCUT2D eigenvalue weighted by molar-refractivity contribution is 1.13. The van der Waals surface area contributed by atoms with Gasteiger partial charge in [0, 0.05) is 5.92 Å². The maximum Gasteiger partial charge on any atom is 0.0278 e. The van der Waals surface area contributed by atoms with Gasteiger partial charge in [-0.15, -0.1) is 0 Å². The zero-order valence-electron chi connectivity index (χ0n) is 10.6. The normalized spacial score (nSPS) is 16.6. The van der Waals surface area contributed by atoms with Crippen molar-refractivity contribution in [1.29, 1.82) is 0 Å². The summed E-state index contributed by atoms with van der Waals surface area (Å²) in [5.41, 5.74) is 6.43. The average molecular weight is 232 g/mol. The topological polar surface area (TPSA) is 0 Å². The van der Waals surface area contributed by atoms with E-state index in [9.17, 15) is 0 Å². The van der Waals surface area contributed by atoms with Crippen LogP contribution < -0.4 is 0 Å². The van der Waals surface area contributed by atoms with Gasteiger partial charge in [0.25, 0.3) is 0 Å². The summed E-state index contributed by atoms with van der Waals surface area (Å²) in [4.78, 5) is 0. The Balaban J connectivity index is 2.02. The highest BCUT2D eigenvalue weighted by molar-refractivity contribution is 5.79. The largest absolute Gasteiger partial charge is 0.0943 e. The Bertz CT molecular complexity index is 632. The summed E-state index contributed by atoms with van der Waals surface area (Å²) in [6.45, 7) is 6.46. The third-order valence-corrected chi connectivity index (χ3v) is 3.67. The molecule has 0 amide bonds. The SMILES string of the molecule is C=C(c1ccccc1C)C1C=Cc2ccccc21. The molecular formula is C18H16. The van der Waals surface area contributed by atoms with Crippen molar-refractivity contribution in [1.82, 2.24) is 0 Å². The van der Waals surface area contributed by atoms with Gasteiger partial charge in [-0.1, -0.05) is 67.3 Å². The minimum absolute atomic E-state index is 0.322. The van der Waals surface area contributed by atoms with Crippen LogP contribution in [-0.4, -0.2) is 0 Å². The standard InChI is InChI=1S/C18H16/c1-13-7-3-5-9-16(13)14(2)17-12-11-15-8-4-6-10-18(15)17/h3-12,17H,2H2,1H3. The van der Waals surface area contributed by atoms with Crippen LogP contribution in [0.15, 0.2) is 61.2 Å². The number of benzene rings is 2. The molecule has 1 atom stereocenters. The van der Waals surface area contributed by atoms with E-state index in [1.165, 1.54) is 27.8 Å².